The standard InChI is InChI=1S/C20H22ClN3OS2/c21-18-9-5-4-8-17(18)19(25)23-11-13-24(14-12-23)20(26)22-10-15-27-16-6-2-1-3-7-16/h1-9H,10-15H2,(H,22,26). The van der Waals surface area contributed by atoms with E-state index in [2.05, 4.69) is 22.3 Å². The molecule has 0 spiro atoms. The summed E-state index contributed by atoms with van der Waals surface area (Å²) in [6.07, 6.45) is 0. The SMILES string of the molecule is O=C(c1ccccc1Cl)N1CCN(C(=S)NCCSc2ccccc2)CC1. The Morgan fingerprint density at radius 3 is 2.33 bits per heavy atom. The van der Waals surface area contributed by atoms with Crippen LogP contribution in [0.1, 0.15) is 10.4 Å². The van der Waals surface area contributed by atoms with Crippen molar-refractivity contribution in [1.82, 2.24) is 15.1 Å². The number of hydrogen-bond acceptors (Lipinski definition) is 3. The van der Waals surface area contributed by atoms with Gasteiger partial charge in [0, 0.05) is 43.4 Å². The molecule has 0 unspecified atom stereocenters. The Hall–Kier alpha value is -1.76. The van der Waals surface area contributed by atoms with E-state index in [1.54, 1.807) is 23.9 Å². The van der Waals surface area contributed by atoms with Crippen LogP contribution < -0.4 is 5.32 Å². The molecule has 2 aromatic rings. The van der Waals surface area contributed by atoms with Crippen LogP contribution in [0.2, 0.25) is 5.02 Å². The number of nitrogens with zero attached hydrogens (tertiary/aromatic N) is 2. The first-order valence-corrected chi connectivity index (χ1v) is 10.7. The lowest BCUT2D eigenvalue weighted by Crippen LogP contribution is -2.53. The zero-order valence-corrected chi connectivity index (χ0v) is 17.3. The maximum atomic E-state index is 12.6. The Balaban J connectivity index is 1.40. The van der Waals surface area contributed by atoms with Gasteiger partial charge in [0.15, 0.2) is 5.11 Å². The summed E-state index contributed by atoms with van der Waals surface area (Å²) in [5, 5.41) is 4.58. The van der Waals surface area contributed by atoms with Gasteiger partial charge in [-0.15, -0.1) is 11.8 Å². The summed E-state index contributed by atoms with van der Waals surface area (Å²) in [7, 11) is 0. The van der Waals surface area contributed by atoms with Crippen molar-refractivity contribution < 1.29 is 4.79 Å². The van der Waals surface area contributed by atoms with Gasteiger partial charge in [0.2, 0.25) is 0 Å². The van der Waals surface area contributed by atoms with E-state index in [4.69, 9.17) is 23.8 Å². The third-order valence-electron chi connectivity index (χ3n) is 4.35. The van der Waals surface area contributed by atoms with Gasteiger partial charge < -0.3 is 15.1 Å². The summed E-state index contributed by atoms with van der Waals surface area (Å²) in [5.74, 6) is 0.938. The molecule has 7 heteroatoms. The Bertz CT molecular complexity index is 780. The summed E-state index contributed by atoms with van der Waals surface area (Å²) >= 11 is 13.5. The highest BCUT2D eigenvalue weighted by Gasteiger charge is 2.24. The molecule has 0 aromatic heterocycles. The van der Waals surface area contributed by atoms with Crippen molar-refractivity contribution >= 4 is 46.6 Å². The molecule has 1 fully saturated rings. The van der Waals surface area contributed by atoms with Crippen molar-refractivity contribution in [1.29, 1.82) is 0 Å². The molecule has 1 amide bonds. The molecule has 0 bridgehead atoms. The molecule has 3 rings (SSSR count). The second-order valence-electron chi connectivity index (χ2n) is 6.15. The number of hydrogen-bond donors (Lipinski definition) is 1. The van der Waals surface area contributed by atoms with E-state index >= 15 is 0 Å². The first-order chi connectivity index (χ1) is 13.1. The number of benzene rings is 2. The summed E-state index contributed by atoms with van der Waals surface area (Å²) in [4.78, 5) is 17.8. The molecule has 1 aliphatic rings. The highest BCUT2D eigenvalue weighted by atomic mass is 35.5. The summed E-state index contributed by atoms with van der Waals surface area (Å²) in [5.41, 5.74) is 0.561. The van der Waals surface area contributed by atoms with Gasteiger partial charge in [0.1, 0.15) is 0 Å². The summed E-state index contributed by atoms with van der Waals surface area (Å²) in [6, 6.07) is 17.5. The van der Waals surface area contributed by atoms with Crippen LogP contribution in [0.15, 0.2) is 59.5 Å². The van der Waals surface area contributed by atoms with E-state index in [1.807, 2.05) is 35.2 Å². The maximum absolute atomic E-state index is 12.6. The van der Waals surface area contributed by atoms with Crippen molar-refractivity contribution in [3.8, 4) is 0 Å². The molecule has 1 aliphatic heterocycles. The molecule has 2 aromatic carbocycles. The average molecular weight is 420 g/mol. The Morgan fingerprint density at radius 2 is 1.63 bits per heavy atom. The number of amides is 1. The van der Waals surface area contributed by atoms with Crippen molar-refractivity contribution in [3.05, 3.63) is 65.2 Å². The van der Waals surface area contributed by atoms with Crippen LogP contribution in [0.4, 0.5) is 0 Å². The van der Waals surface area contributed by atoms with Gasteiger partial charge in [-0.05, 0) is 36.5 Å². The van der Waals surface area contributed by atoms with Gasteiger partial charge in [-0.25, -0.2) is 0 Å². The predicted octanol–water partition coefficient (Wildman–Crippen LogP) is 3.76. The molecular weight excluding hydrogens is 398 g/mol. The number of rotatable bonds is 5. The van der Waals surface area contributed by atoms with E-state index in [-0.39, 0.29) is 5.91 Å². The van der Waals surface area contributed by atoms with Crippen LogP contribution in [-0.2, 0) is 0 Å². The average Bonchev–Trinajstić information content (AvgIpc) is 2.72. The molecule has 27 heavy (non-hydrogen) atoms. The normalized spacial score (nSPS) is 14.1. The smallest absolute Gasteiger partial charge is 0.255 e. The topological polar surface area (TPSA) is 35.6 Å². The quantitative estimate of drug-likeness (QED) is 0.453. The minimum Gasteiger partial charge on any atom is -0.362 e. The Labute approximate surface area is 174 Å². The Morgan fingerprint density at radius 1 is 1.00 bits per heavy atom. The van der Waals surface area contributed by atoms with Gasteiger partial charge in [0.05, 0.1) is 10.6 Å². The van der Waals surface area contributed by atoms with Crippen molar-refractivity contribution in [2.75, 3.05) is 38.5 Å². The third-order valence-corrected chi connectivity index (χ3v) is 6.09. The van der Waals surface area contributed by atoms with Crippen molar-refractivity contribution in [2.24, 2.45) is 0 Å². The molecule has 0 radical (unpaired) electrons. The minimum atomic E-state index is -0.0154. The lowest BCUT2D eigenvalue weighted by atomic mass is 10.2. The molecule has 1 heterocycles. The second-order valence-corrected chi connectivity index (χ2v) is 8.11. The molecule has 0 atom stereocenters. The minimum absolute atomic E-state index is 0.0154. The van der Waals surface area contributed by atoms with Crippen LogP contribution in [0.3, 0.4) is 0 Å². The predicted molar refractivity (Wildman–Crippen MR) is 117 cm³/mol. The number of carbonyl (C=O) groups is 1. The number of thiocarbonyl (C=S) groups is 1. The van der Waals surface area contributed by atoms with Gasteiger partial charge in [0.25, 0.3) is 5.91 Å². The van der Waals surface area contributed by atoms with E-state index in [0.717, 1.165) is 30.5 Å². The third kappa shape index (κ3) is 5.61. The molecule has 4 nitrogen and oxygen atoms in total. The fraction of sp³-hybridized carbons (Fsp3) is 0.300. The lowest BCUT2D eigenvalue weighted by molar-refractivity contribution is 0.0691. The second kappa shape index (κ2) is 9.97. The first-order valence-electron chi connectivity index (χ1n) is 8.89. The van der Waals surface area contributed by atoms with Crippen LogP contribution in [-0.4, -0.2) is 59.3 Å². The van der Waals surface area contributed by atoms with Crippen LogP contribution in [0.5, 0.6) is 0 Å². The van der Waals surface area contributed by atoms with E-state index in [0.29, 0.717) is 23.7 Å². The van der Waals surface area contributed by atoms with E-state index < -0.39 is 0 Å². The fourth-order valence-corrected chi connectivity index (χ4v) is 4.16. The Kier molecular flexibility index (Phi) is 7.38. The molecule has 0 saturated carbocycles. The molecule has 142 valence electrons. The maximum Gasteiger partial charge on any atom is 0.255 e. The van der Waals surface area contributed by atoms with Crippen molar-refractivity contribution in [3.63, 3.8) is 0 Å². The molecule has 1 saturated heterocycles. The zero-order chi connectivity index (χ0) is 19.1. The van der Waals surface area contributed by atoms with Gasteiger partial charge in [-0.1, -0.05) is 41.9 Å². The first kappa shape index (κ1) is 20.0. The monoisotopic (exact) mass is 419 g/mol. The van der Waals surface area contributed by atoms with Gasteiger partial charge in [-0.2, -0.15) is 0 Å². The largest absolute Gasteiger partial charge is 0.362 e. The highest BCUT2D eigenvalue weighted by molar-refractivity contribution is 7.99. The van der Waals surface area contributed by atoms with Crippen LogP contribution >= 0.6 is 35.6 Å². The fourth-order valence-electron chi connectivity index (χ4n) is 2.87. The van der Waals surface area contributed by atoms with Crippen LogP contribution in [0, 0.1) is 0 Å². The summed E-state index contributed by atoms with van der Waals surface area (Å²) in [6.45, 7) is 3.56. The highest BCUT2D eigenvalue weighted by Crippen LogP contribution is 2.18. The lowest BCUT2D eigenvalue weighted by Gasteiger charge is -2.36. The van der Waals surface area contributed by atoms with Crippen LogP contribution in [0.25, 0.3) is 0 Å². The van der Waals surface area contributed by atoms with Gasteiger partial charge >= 0.3 is 0 Å². The number of thioether (sulfide) groups is 1. The zero-order valence-electron chi connectivity index (χ0n) is 14.9. The van der Waals surface area contributed by atoms with E-state index in [9.17, 15) is 4.79 Å². The molecule has 1 N–H and O–H groups in total. The number of nitrogens with one attached hydrogen (secondary N) is 1. The molecule has 0 aliphatic carbocycles. The number of halogens is 1. The van der Waals surface area contributed by atoms with Crippen molar-refractivity contribution in [2.45, 2.75) is 4.90 Å². The number of carbonyl (C=O) groups excluding carboxylic acids is 1. The summed E-state index contributed by atoms with van der Waals surface area (Å²) < 4.78 is 0. The van der Waals surface area contributed by atoms with Gasteiger partial charge in [-0.3, -0.25) is 4.79 Å². The molecular formula is C20H22ClN3OS2. The van der Waals surface area contributed by atoms with E-state index in [1.165, 1.54) is 4.90 Å². The number of piperazine rings is 1.